The van der Waals surface area contributed by atoms with Gasteiger partial charge < -0.3 is 10.5 Å². The summed E-state index contributed by atoms with van der Waals surface area (Å²) in [6.45, 7) is 0. The highest BCUT2D eigenvalue weighted by atomic mass is 79.9. The molecule has 0 bridgehead atoms. The average Bonchev–Trinajstić information content (AvgIpc) is 2.70. The number of nitrogens with two attached hydrogens (primary N) is 1. The second kappa shape index (κ2) is 4.99. The van der Waals surface area contributed by atoms with Crippen LogP contribution in [0, 0.1) is 5.82 Å². The van der Waals surface area contributed by atoms with Crippen molar-refractivity contribution in [2.45, 2.75) is 0 Å². The molecular weight excluding hydrogens is 323 g/mol. The van der Waals surface area contributed by atoms with Crippen molar-refractivity contribution in [1.29, 1.82) is 0 Å². The zero-order valence-electron chi connectivity index (χ0n) is 9.22. The third-order valence-electron chi connectivity index (χ3n) is 2.09. The van der Waals surface area contributed by atoms with Gasteiger partial charge in [0.2, 0.25) is 0 Å². The molecule has 0 unspecified atom stereocenters. The molecule has 0 fully saturated rings. The van der Waals surface area contributed by atoms with Crippen molar-refractivity contribution in [1.82, 2.24) is 14.8 Å². The molecule has 1 heterocycles. The molecule has 0 radical (unpaired) electrons. The number of ether oxygens (including phenoxy) is 1. The van der Waals surface area contributed by atoms with Gasteiger partial charge in [-0.2, -0.15) is 4.98 Å². The normalized spacial score (nSPS) is 10.4. The number of nitrogens with zero attached hydrogens (tertiary/aromatic N) is 3. The molecule has 1 aromatic heterocycles. The van der Waals surface area contributed by atoms with E-state index in [-0.39, 0.29) is 21.2 Å². The molecular formula is C10H8BrFN4OS. The van der Waals surface area contributed by atoms with Gasteiger partial charge in [-0.25, -0.2) is 4.39 Å². The lowest BCUT2D eigenvalue weighted by Crippen LogP contribution is -2.11. The zero-order chi connectivity index (χ0) is 13.3. The molecule has 5 nitrogen and oxygen atoms in total. The SMILES string of the molecule is Cn1cnc(Oc2ccc(C(N)=S)c(Br)c2F)n1. The molecule has 18 heavy (non-hydrogen) atoms. The number of aromatic nitrogens is 3. The molecule has 1 aromatic carbocycles. The van der Waals surface area contributed by atoms with E-state index in [2.05, 4.69) is 26.0 Å². The second-order valence-corrected chi connectivity index (χ2v) is 4.64. The Balaban J connectivity index is 2.35. The van der Waals surface area contributed by atoms with Crippen molar-refractivity contribution in [3.63, 3.8) is 0 Å². The zero-order valence-corrected chi connectivity index (χ0v) is 11.6. The highest BCUT2D eigenvalue weighted by Crippen LogP contribution is 2.30. The molecule has 8 heteroatoms. The average molecular weight is 331 g/mol. The van der Waals surface area contributed by atoms with E-state index in [0.717, 1.165) is 0 Å². The minimum absolute atomic E-state index is 0.00641. The Morgan fingerprint density at radius 1 is 1.56 bits per heavy atom. The van der Waals surface area contributed by atoms with Gasteiger partial charge in [0.05, 0.1) is 4.47 Å². The van der Waals surface area contributed by atoms with Crippen molar-refractivity contribution in [3.8, 4) is 11.8 Å². The third-order valence-corrected chi connectivity index (χ3v) is 3.09. The molecule has 94 valence electrons. The predicted octanol–water partition coefficient (Wildman–Crippen LogP) is 2.14. The first kappa shape index (κ1) is 12.9. The lowest BCUT2D eigenvalue weighted by Gasteiger charge is -2.07. The quantitative estimate of drug-likeness (QED) is 0.873. The molecule has 0 atom stereocenters. The number of hydrogen-bond donors (Lipinski definition) is 1. The van der Waals surface area contributed by atoms with Crippen LogP contribution in [0.1, 0.15) is 5.56 Å². The van der Waals surface area contributed by atoms with Crippen LogP contribution in [0.15, 0.2) is 22.9 Å². The number of thiocarbonyl (C=S) groups is 1. The number of benzene rings is 1. The molecule has 0 saturated heterocycles. The topological polar surface area (TPSA) is 66.0 Å². The first-order valence-electron chi connectivity index (χ1n) is 4.80. The highest BCUT2D eigenvalue weighted by Gasteiger charge is 2.15. The van der Waals surface area contributed by atoms with Gasteiger partial charge in [-0.05, 0) is 28.1 Å². The largest absolute Gasteiger partial charge is 0.420 e. The summed E-state index contributed by atoms with van der Waals surface area (Å²) >= 11 is 7.88. The van der Waals surface area contributed by atoms with Crippen LogP contribution in [0.5, 0.6) is 11.8 Å². The van der Waals surface area contributed by atoms with E-state index in [4.69, 9.17) is 22.7 Å². The van der Waals surface area contributed by atoms with E-state index in [9.17, 15) is 4.39 Å². The Hall–Kier alpha value is -1.54. The molecule has 0 saturated carbocycles. The predicted molar refractivity (Wildman–Crippen MR) is 71.1 cm³/mol. The van der Waals surface area contributed by atoms with Crippen molar-refractivity contribution in [2.24, 2.45) is 12.8 Å². The van der Waals surface area contributed by atoms with Crippen LogP contribution in [-0.2, 0) is 7.05 Å². The van der Waals surface area contributed by atoms with Crippen LogP contribution in [0.2, 0.25) is 0 Å². The first-order chi connectivity index (χ1) is 8.49. The maximum absolute atomic E-state index is 14.0. The lowest BCUT2D eigenvalue weighted by atomic mass is 10.2. The third kappa shape index (κ3) is 2.49. The molecule has 2 aromatic rings. The molecule has 0 aliphatic heterocycles. The second-order valence-electron chi connectivity index (χ2n) is 3.41. The van der Waals surface area contributed by atoms with Gasteiger partial charge >= 0.3 is 6.01 Å². The van der Waals surface area contributed by atoms with E-state index in [0.29, 0.717) is 5.56 Å². The van der Waals surface area contributed by atoms with Crippen molar-refractivity contribution in [2.75, 3.05) is 0 Å². The minimum atomic E-state index is -0.604. The Morgan fingerprint density at radius 2 is 2.28 bits per heavy atom. The van der Waals surface area contributed by atoms with Crippen molar-refractivity contribution < 1.29 is 9.13 Å². The van der Waals surface area contributed by atoms with Gasteiger partial charge in [0.1, 0.15) is 11.3 Å². The van der Waals surface area contributed by atoms with E-state index in [1.165, 1.54) is 17.1 Å². The molecule has 2 rings (SSSR count). The summed E-state index contributed by atoms with van der Waals surface area (Å²) in [4.78, 5) is 3.94. The maximum Gasteiger partial charge on any atom is 0.341 e. The Kier molecular flexibility index (Phi) is 3.58. The fraction of sp³-hybridized carbons (Fsp3) is 0.100. The lowest BCUT2D eigenvalue weighted by molar-refractivity contribution is 0.407. The Bertz CT molecular complexity index is 616. The summed E-state index contributed by atoms with van der Waals surface area (Å²) in [5.41, 5.74) is 5.86. The fourth-order valence-electron chi connectivity index (χ4n) is 1.27. The molecule has 2 N–H and O–H groups in total. The minimum Gasteiger partial charge on any atom is -0.420 e. The number of aryl methyl sites for hydroxylation is 1. The van der Waals surface area contributed by atoms with E-state index >= 15 is 0 Å². The standard InChI is InChI=1S/C10H8BrFN4OS/c1-16-4-14-10(15-16)17-6-3-2-5(9(13)18)7(11)8(6)12/h2-4H,1H3,(H2,13,18). The summed E-state index contributed by atoms with van der Waals surface area (Å²) in [7, 11) is 1.68. The van der Waals surface area contributed by atoms with E-state index in [1.54, 1.807) is 13.1 Å². The maximum atomic E-state index is 14.0. The van der Waals surface area contributed by atoms with Crippen LogP contribution in [-0.4, -0.2) is 19.8 Å². The number of rotatable bonds is 3. The van der Waals surface area contributed by atoms with Crippen LogP contribution < -0.4 is 10.5 Å². The Morgan fingerprint density at radius 3 is 2.83 bits per heavy atom. The molecule has 0 aliphatic rings. The van der Waals surface area contributed by atoms with Gasteiger partial charge in [0, 0.05) is 12.6 Å². The van der Waals surface area contributed by atoms with Crippen LogP contribution >= 0.6 is 28.1 Å². The molecule has 0 amide bonds. The summed E-state index contributed by atoms with van der Waals surface area (Å²) in [6.07, 6.45) is 1.45. The van der Waals surface area contributed by atoms with Gasteiger partial charge in [-0.3, -0.25) is 4.68 Å². The smallest absolute Gasteiger partial charge is 0.341 e. The number of halogens is 2. The van der Waals surface area contributed by atoms with Crippen LogP contribution in [0.3, 0.4) is 0 Å². The fourth-order valence-corrected chi connectivity index (χ4v) is 2.11. The summed E-state index contributed by atoms with van der Waals surface area (Å²) in [6, 6.07) is 3.05. The van der Waals surface area contributed by atoms with E-state index in [1.807, 2.05) is 0 Å². The van der Waals surface area contributed by atoms with Gasteiger partial charge in [0.25, 0.3) is 0 Å². The van der Waals surface area contributed by atoms with Gasteiger partial charge in [-0.1, -0.05) is 12.2 Å². The van der Waals surface area contributed by atoms with Crippen LogP contribution in [0.25, 0.3) is 0 Å². The summed E-state index contributed by atoms with van der Waals surface area (Å²) in [5, 5.41) is 3.89. The van der Waals surface area contributed by atoms with Crippen molar-refractivity contribution in [3.05, 3.63) is 34.3 Å². The highest BCUT2D eigenvalue weighted by molar-refractivity contribution is 9.10. The van der Waals surface area contributed by atoms with Gasteiger partial charge in [-0.15, -0.1) is 5.10 Å². The molecule has 0 aliphatic carbocycles. The molecule has 0 spiro atoms. The Labute approximate surface area is 116 Å². The van der Waals surface area contributed by atoms with E-state index < -0.39 is 5.82 Å². The number of hydrogen-bond acceptors (Lipinski definition) is 4. The first-order valence-corrected chi connectivity index (χ1v) is 6.00. The summed E-state index contributed by atoms with van der Waals surface area (Å²) < 4.78 is 20.8. The summed E-state index contributed by atoms with van der Waals surface area (Å²) in [5.74, 6) is -0.610. The van der Waals surface area contributed by atoms with Gasteiger partial charge in [0.15, 0.2) is 11.6 Å². The van der Waals surface area contributed by atoms with Crippen molar-refractivity contribution >= 4 is 33.1 Å². The van der Waals surface area contributed by atoms with Crippen LogP contribution in [0.4, 0.5) is 4.39 Å². The monoisotopic (exact) mass is 330 g/mol.